The second-order valence-corrected chi connectivity index (χ2v) is 5.22. The van der Waals surface area contributed by atoms with E-state index in [2.05, 4.69) is 27.8 Å². The van der Waals surface area contributed by atoms with E-state index in [0.717, 1.165) is 29.7 Å². The summed E-state index contributed by atoms with van der Waals surface area (Å²) < 4.78 is 0.806. The van der Waals surface area contributed by atoms with E-state index in [0.29, 0.717) is 11.5 Å². The summed E-state index contributed by atoms with van der Waals surface area (Å²) in [6.07, 6.45) is 1.13. The number of aromatic carboxylic acids is 1. The lowest BCUT2D eigenvalue weighted by Gasteiger charge is -2.20. The number of carboxylic acid groups (broad SMARTS) is 1. The highest BCUT2D eigenvalue weighted by Crippen LogP contribution is 2.29. The number of benzene rings is 1. The maximum atomic E-state index is 11.2. The molecule has 3 nitrogen and oxygen atoms in total. The smallest absolute Gasteiger partial charge is 0.337 e. The summed E-state index contributed by atoms with van der Waals surface area (Å²) in [5.74, 6) is -0.221. The normalized spacial score (nSPS) is 20.1. The quantitative estimate of drug-likeness (QED) is 0.907. The molecular weight excluding hydrogens is 270 g/mol. The van der Waals surface area contributed by atoms with Crippen molar-refractivity contribution in [3.05, 3.63) is 28.2 Å². The molecule has 1 saturated heterocycles. The molecule has 1 N–H and O–H groups in total. The van der Waals surface area contributed by atoms with Crippen molar-refractivity contribution in [2.45, 2.75) is 13.3 Å². The van der Waals surface area contributed by atoms with E-state index < -0.39 is 5.97 Å². The van der Waals surface area contributed by atoms with Crippen molar-refractivity contribution in [1.82, 2.24) is 0 Å². The minimum absolute atomic E-state index is 0.378. The summed E-state index contributed by atoms with van der Waals surface area (Å²) in [6, 6.07) is 5.44. The molecule has 2 rings (SSSR count). The van der Waals surface area contributed by atoms with E-state index in [1.165, 1.54) is 0 Å². The second-order valence-electron chi connectivity index (χ2n) is 4.31. The molecule has 1 aromatic carbocycles. The van der Waals surface area contributed by atoms with Crippen LogP contribution in [0.1, 0.15) is 23.7 Å². The Morgan fingerprint density at radius 2 is 2.31 bits per heavy atom. The highest BCUT2D eigenvalue weighted by atomic mass is 79.9. The fourth-order valence-electron chi connectivity index (χ4n) is 2.11. The van der Waals surface area contributed by atoms with E-state index in [1.54, 1.807) is 6.07 Å². The van der Waals surface area contributed by atoms with Gasteiger partial charge in [0.15, 0.2) is 0 Å². The van der Waals surface area contributed by atoms with E-state index in [9.17, 15) is 4.79 Å². The third-order valence-electron chi connectivity index (χ3n) is 2.95. The molecule has 1 aliphatic rings. The van der Waals surface area contributed by atoms with Gasteiger partial charge in [0.05, 0.1) is 11.3 Å². The molecule has 4 heteroatoms. The van der Waals surface area contributed by atoms with E-state index >= 15 is 0 Å². The number of carboxylic acids is 1. The van der Waals surface area contributed by atoms with Gasteiger partial charge in [0.1, 0.15) is 0 Å². The molecule has 0 amide bonds. The molecule has 1 aliphatic heterocycles. The number of halogens is 1. The first-order valence-corrected chi connectivity index (χ1v) is 6.15. The van der Waals surface area contributed by atoms with Gasteiger partial charge in [-0.05, 0) is 30.5 Å². The Labute approximate surface area is 103 Å². The van der Waals surface area contributed by atoms with Crippen LogP contribution in [0.3, 0.4) is 0 Å². The van der Waals surface area contributed by atoms with Gasteiger partial charge in [0, 0.05) is 17.6 Å². The van der Waals surface area contributed by atoms with Gasteiger partial charge in [-0.1, -0.05) is 22.9 Å². The summed E-state index contributed by atoms with van der Waals surface area (Å²) >= 11 is 3.30. The highest BCUT2D eigenvalue weighted by Gasteiger charge is 2.23. The third kappa shape index (κ3) is 2.21. The predicted octanol–water partition coefficient (Wildman–Crippen LogP) is 2.99. The lowest BCUT2D eigenvalue weighted by atomic mass is 10.1. The zero-order valence-corrected chi connectivity index (χ0v) is 10.7. The average molecular weight is 284 g/mol. The largest absolute Gasteiger partial charge is 0.478 e. The maximum absolute atomic E-state index is 11.2. The number of anilines is 1. The standard InChI is InChI=1S/C12H14BrNO2/c1-8-4-5-14(7-8)11-3-2-9(13)6-10(11)12(15)16/h2-3,6,8H,4-5,7H2,1H3,(H,15,16). The van der Waals surface area contributed by atoms with Crippen molar-refractivity contribution in [2.24, 2.45) is 5.92 Å². The molecule has 86 valence electrons. The van der Waals surface area contributed by atoms with Crippen LogP contribution < -0.4 is 4.90 Å². The van der Waals surface area contributed by atoms with Crippen LogP contribution in [-0.2, 0) is 0 Å². The molecule has 1 aromatic rings. The van der Waals surface area contributed by atoms with Crippen LogP contribution in [-0.4, -0.2) is 24.2 Å². The van der Waals surface area contributed by atoms with Gasteiger partial charge in [-0.25, -0.2) is 4.79 Å². The monoisotopic (exact) mass is 283 g/mol. The lowest BCUT2D eigenvalue weighted by molar-refractivity contribution is 0.0697. The number of nitrogens with zero attached hydrogens (tertiary/aromatic N) is 1. The van der Waals surface area contributed by atoms with Gasteiger partial charge in [0.2, 0.25) is 0 Å². The second kappa shape index (κ2) is 4.45. The molecule has 0 aliphatic carbocycles. The first kappa shape index (κ1) is 11.5. The molecule has 16 heavy (non-hydrogen) atoms. The van der Waals surface area contributed by atoms with Gasteiger partial charge in [-0.2, -0.15) is 0 Å². The van der Waals surface area contributed by atoms with Crippen molar-refractivity contribution in [1.29, 1.82) is 0 Å². The molecule has 0 spiro atoms. The minimum atomic E-state index is -0.865. The molecule has 1 atom stereocenters. The summed E-state index contributed by atoms with van der Waals surface area (Å²) in [5.41, 5.74) is 1.21. The van der Waals surface area contributed by atoms with Gasteiger partial charge in [0.25, 0.3) is 0 Å². The Morgan fingerprint density at radius 3 is 2.88 bits per heavy atom. The van der Waals surface area contributed by atoms with Crippen molar-refractivity contribution < 1.29 is 9.90 Å². The molecule has 0 radical (unpaired) electrons. The fourth-order valence-corrected chi connectivity index (χ4v) is 2.47. The molecule has 1 unspecified atom stereocenters. The number of rotatable bonds is 2. The van der Waals surface area contributed by atoms with E-state index in [4.69, 9.17) is 5.11 Å². The molecular formula is C12H14BrNO2. The first-order valence-electron chi connectivity index (χ1n) is 5.35. The number of carbonyl (C=O) groups is 1. The Hall–Kier alpha value is -1.03. The summed E-state index contributed by atoms with van der Waals surface area (Å²) in [5, 5.41) is 9.17. The van der Waals surface area contributed by atoms with Crippen LogP contribution in [0, 0.1) is 5.92 Å². The van der Waals surface area contributed by atoms with E-state index in [1.807, 2.05) is 12.1 Å². The molecule has 0 saturated carbocycles. The summed E-state index contributed by atoms with van der Waals surface area (Å²) in [6.45, 7) is 4.09. The van der Waals surface area contributed by atoms with Crippen LogP contribution in [0.25, 0.3) is 0 Å². The van der Waals surface area contributed by atoms with Gasteiger partial charge in [-0.3, -0.25) is 0 Å². The van der Waals surface area contributed by atoms with Crippen LogP contribution in [0.15, 0.2) is 22.7 Å². The third-order valence-corrected chi connectivity index (χ3v) is 3.45. The highest BCUT2D eigenvalue weighted by molar-refractivity contribution is 9.10. The predicted molar refractivity (Wildman–Crippen MR) is 67.1 cm³/mol. The van der Waals surface area contributed by atoms with Crippen molar-refractivity contribution in [3.63, 3.8) is 0 Å². The summed E-state index contributed by atoms with van der Waals surface area (Å²) in [7, 11) is 0. The number of hydrogen-bond acceptors (Lipinski definition) is 2. The van der Waals surface area contributed by atoms with E-state index in [-0.39, 0.29) is 0 Å². The van der Waals surface area contributed by atoms with Gasteiger partial charge in [-0.15, -0.1) is 0 Å². The fraction of sp³-hybridized carbons (Fsp3) is 0.417. The topological polar surface area (TPSA) is 40.5 Å². The zero-order chi connectivity index (χ0) is 11.7. The van der Waals surface area contributed by atoms with Crippen LogP contribution in [0.5, 0.6) is 0 Å². The van der Waals surface area contributed by atoms with Gasteiger partial charge < -0.3 is 10.0 Å². The lowest BCUT2D eigenvalue weighted by Crippen LogP contribution is -2.21. The van der Waals surface area contributed by atoms with Gasteiger partial charge >= 0.3 is 5.97 Å². The number of hydrogen-bond donors (Lipinski definition) is 1. The molecule has 1 heterocycles. The molecule has 0 bridgehead atoms. The van der Waals surface area contributed by atoms with Crippen LogP contribution in [0.2, 0.25) is 0 Å². The van der Waals surface area contributed by atoms with Crippen molar-refractivity contribution >= 4 is 27.6 Å². The Morgan fingerprint density at radius 1 is 1.56 bits per heavy atom. The van der Waals surface area contributed by atoms with Crippen LogP contribution >= 0.6 is 15.9 Å². The minimum Gasteiger partial charge on any atom is -0.478 e. The average Bonchev–Trinajstić information content (AvgIpc) is 2.64. The SMILES string of the molecule is CC1CCN(c2ccc(Br)cc2C(=O)O)C1. The van der Waals surface area contributed by atoms with Crippen molar-refractivity contribution in [2.75, 3.05) is 18.0 Å². The Kier molecular flexibility index (Phi) is 3.19. The molecule has 0 aromatic heterocycles. The maximum Gasteiger partial charge on any atom is 0.337 e. The summed E-state index contributed by atoms with van der Waals surface area (Å²) in [4.78, 5) is 13.3. The van der Waals surface area contributed by atoms with Crippen LogP contribution in [0.4, 0.5) is 5.69 Å². The zero-order valence-electron chi connectivity index (χ0n) is 9.11. The molecule has 1 fully saturated rings. The Bertz CT molecular complexity index is 419. The Balaban J connectivity index is 2.36. The first-order chi connectivity index (χ1) is 7.58. The van der Waals surface area contributed by atoms with Crippen molar-refractivity contribution in [3.8, 4) is 0 Å².